The van der Waals surface area contributed by atoms with Gasteiger partial charge in [0.2, 0.25) is 5.91 Å². The molecule has 3 rings (SSSR count). The van der Waals surface area contributed by atoms with Crippen LogP contribution in [0.15, 0.2) is 47.1 Å². The van der Waals surface area contributed by atoms with Gasteiger partial charge in [0.15, 0.2) is 0 Å². The predicted octanol–water partition coefficient (Wildman–Crippen LogP) is 2.44. The van der Waals surface area contributed by atoms with Gasteiger partial charge >= 0.3 is 0 Å². The molecule has 1 saturated heterocycles. The number of carbonyl (C=O) groups excluding carboxylic acids is 2. The standard InChI is InChI=1S/C19H23N3O3/c1-21(2)16(17-8-5-11-25-17)13-20-19(24)14-6-3-7-15(12-14)22-10-4-9-18(22)23/h3,5-8,11-12,16H,4,9-10,13H2,1-2H3,(H,20,24). The number of nitrogens with one attached hydrogen (secondary N) is 1. The zero-order chi connectivity index (χ0) is 17.8. The van der Waals surface area contributed by atoms with Crippen LogP contribution in [0, 0.1) is 0 Å². The molecule has 0 radical (unpaired) electrons. The predicted molar refractivity (Wildman–Crippen MR) is 95.5 cm³/mol. The lowest BCUT2D eigenvalue weighted by molar-refractivity contribution is -0.117. The number of nitrogens with zero attached hydrogens (tertiary/aromatic N) is 2. The van der Waals surface area contributed by atoms with Crippen molar-refractivity contribution < 1.29 is 14.0 Å². The van der Waals surface area contributed by atoms with Gasteiger partial charge in [0.25, 0.3) is 5.91 Å². The van der Waals surface area contributed by atoms with E-state index in [1.807, 2.05) is 43.3 Å². The topological polar surface area (TPSA) is 65.8 Å². The van der Waals surface area contributed by atoms with Gasteiger partial charge < -0.3 is 14.6 Å². The first-order valence-electron chi connectivity index (χ1n) is 8.44. The smallest absolute Gasteiger partial charge is 0.251 e. The maximum atomic E-state index is 12.5. The molecular formula is C19H23N3O3. The first kappa shape index (κ1) is 17.2. The van der Waals surface area contributed by atoms with Crippen molar-refractivity contribution in [3.05, 3.63) is 54.0 Å². The number of anilines is 1. The van der Waals surface area contributed by atoms with Crippen molar-refractivity contribution in [2.24, 2.45) is 0 Å². The Hall–Kier alpha value is -2.60. The van der Waals surface area contributed by atoms with Crippen LogP contribution in [0.3, 0.4) is 0 Å². The van der Waals surface area contributed by atoms with Crippen LogP contribution in [0.2, 0.25) is 0 Å². The Morgan fingerprint density at radius 3 is 2.80 bits per heavy atom. The molecule has 1 unspecified atom stereocenters. The van der Waals surface area contributed by atoms with Gasteiger partial charge in [0.1, 0.15) is 5.76 Å². The SMILES string of the molecule is CN(C)C(CNC(=O)c1cccc(N2CCCC2=O)c1)c1ccco1. The second-order valence-electron chi connectivity index (χ2n) is 6.40. The molecule has 1 fully saturated rings. The molecule has 0 spiro atoms. The number of furan rings is 1. The summed E-state index contributed by atoms with van der Waals surface area (Å²) in [4.78, 5) is 28.1. The van der Waals surface area contributed by atoms with Crippen LogP contribution >= 0.6 is 0 Å². The van der Waals surface area contributed by atoms with Crippen LogP contribution in [0.1, 0.15) is 35.0 Å². The van der Waals surface area contributed by atoms with Crippen LogP contribution in [-0.4, -0.2) is 43.9 Å². The van der Waals surface area contributed by atoms with Crippen LogP contribution < -0.4 is 10.2 Å². The molecule has 1 aromatic heterocycles. The summed E-state index contributed by atoms with van der Waals surface area (Å²) < 4.78 is 5.46. The van der Waals surface area contributed by atoms with Crippen molar-refractivity contribution in [2.45, 2.75) is 18.9 Å². The molecule has 1 N–H and O–H groups in total. The highest BCUT2D eigenvalue weighted by Gasteiger charge is 2.23. The quantitative estimate of drug-likeness (QED) is 0.876. The lowest BCUT2D eigenvalue weighted by atomic mass is 10.1. The molecule has 132 valence electrons. The molecule has 6 nitrogen and oxygen atoms in total. The number of hydrogen-bond acceptors (Lipinski definition) is 4. The lowest BCUT2D eigenvalue weighted by Gasteiger charge is -2.22. The van der Waals surface area contributed by atoms with E-state index in [1.54, 1.807) is 23.3 Å². The number of hydrogen-bond donors (Lipinski definition) is 1. The molecule has 1 atom stereocenters. The van der Waals surface area contributed by atoms with Crippen LogP contribution in [0.25, 0.3) is 0 Å². The maximum absolute atomic E-state index is 12.5. The third-order valence-corrected chi connectivity index (χ3v) is 4.44. The van der Waals surface area contributed by atoms with Crippen molar-refractivity contribution in [3.8, 4) is 0 Å². The van der Waals surface area contributed by atoms with E-state index in [-0.39, 0.29) is 17.9 Å². The van der Waals surface area contributed by atoms with E-state index in [9.17, 15) is 9.59 Å². The first-order chi connectivity index (χ1) is 12.1. The molecule has 2 amide bonds. The third kappa shape index (κ3) is 3.91. The number of carbonyl (C=O) groups is 2. The Labute approximate surface area is 147 Å². The summed E-state index contributed by atoms with van der Waals surface area (Å²) in [6.45, 7) is 1.15. The highest BCUT2D eigenvalue weighted by molar-refractivity contribution is 5.99. The molecule has 2 heterocycles. The minimum atomic E-state index is -0.160. The van der Waals surface area contributed by atoms with Crippen molar-refractivity contribution in [1.82, 2.24) is 10.2 Å². The van der Waals surface area contributed by atoms with Crippen LogP contribution in [0.4, 0.5) is 5.69 Å². The molecule has 6 heteroatoms. The summed E-state index contributed by atoms with van der Waals surface area (Å²) >= 11 is 0. The van der Waals surface area contributed by atoms with Crippen LogP contribution in [0.5, 0.6) is 0 Å². The highest BCUT2D eigenvalue weighted by Crippen LogP contribution is 2.22. The summed E-state index contributed by atoms with van der Waals surface area (Å²) in [6.07, 6.45) is 3.07. The maximum Gasteiger partial charge on any atom is 0.251 e. The highest BCUT2D eigenvalue weighted by atomic mass is 16.3. The Morgan fingerprint density at radius 1 is 1.32 bits per heavy atom. The van der Waals surface area contributed by atoms with Gasteiger partial charge in [0, 0.05) is 30.8 Å². The second kappa shape index (κ2) is 7.53. The molecular weight excluding hydrogens is 318 g/mol. The zero-order valence-corrected chi connectivity index (χ0v) is 14.6. The van der Waals surface area contributed by atoms with Gasteiger partial charge in [-0.2, -0.15) is 0 Å². The van der Waals surface area contributed by atoms with Crippen molar-refractivity contribution >= 4 is 17.5 Å². The minimum Gasteiger partial charge on any atom is -0.468 e. The fourth-order valence-electron chi connectivity index (χ4n) is 3.05. The normalized spacial score (nSPS) is 15.6. The van der Waals surface area contributed by atoms with E-state index in [2.05, 4.69) is 5.32 Å². The molecule has 0 saturated carbocycles. The minimum absolute atomic E-state index is 0.0395. The molecule has 0 aliphatic carbocycles. The van der Waals surface area contributed by atoms with E-state index in [0.717, 1.165) is 17.9 Å². The average Bonchev–Trinajstić information content (AvgIpc) is 3.26. The van der Waals surface area contributed by atoms with E-state index in [4.69, 9.17) is 4.42 Å². The molecule has 1 aliphatic heterocycles. The fourth-order valence-corrected chi connectivity index (χ4v) is 3.05. The second-order valence-corrected chi connectivity index (χ2v) is 6.40. The summed E-state index contributed by atoms with van der Waals surface area (Å²) in [7, 11) is 3.89. The number of benzene rings is 1. The van der Waals surface area contributed by atoms with E-state index < -0.39 is 0 Å². The average molecular weight is 341 g/mol. The van der Waals surface area contributed by atoms with Gasteiger partial charge in [-0.05, 0) is 50.8 Å². The lowest BCUT2D eigenvalue weighted by Crippen LogP contribution is -2.34. The third-order valence-electron chi connectivity index (χ3n) is 4.44. The number of rotatable bonds is 6. The van der Waals surface area contributed by atoms with Gasteiger partial charge in [-0.25, -0.2) is 0 Å². The monoisotopic (exact) mass is 341 g/mol. The number of likely N-dealkylation sites (N-methyl/N-ethyl adjacent to an activating group) is 1. The molecule has 2 aromatic rings. The Bertz CT molecular complexity index is 740. The first-order valence-corrected chi connectivity index (χ1v) is 8.44. The number of amides is 2. The summed E-state index contributed by atoms with van der Waals surface area (Å²) in [5, 5.41) is 2.95. The van der Waals surface area contributed by atoms with Crippen LogP contribution in [-0.2, 0) is 4.79 Å². The molecule has 1 aromatic carbocycles. The van der Waals surface area contributed by atoms with Crippen molar-refractivity contribution in [1.29, 1.82) is 0 Å². The Balaban J connectivity index is 1.68. The fraction of sp³-hybridized carbons (Fsp3) is 0.368. The molecule has 1 aliphatic rings. The Morgan fingerprint density at radius 2 is 2.16 bits per heavy atom. The summed E-state index contributed by atoms with van der Waals surface area (Å²) in [5.74, 6) is 0.761. The van der Waals surface area contributed by atoms with Gasteiger partial charge in [-0.3, -0.25) is 14.5 Å². The van der Waals surface area contributed by atoms with Gasteiger partial charge in [-0.15, -0.1) is 0 Å². The summed E-state index contributed by atoms with van der Waals surface area (Å²) in [5.41, 5.74) is 1.33. The van der Waals surface area contributed by atoms with Crippen molar-refractivity contribution in [3.63, 3.8) is 0 Å². The van der Waals surface area contributed by atoms with E-state index >= 15 is 0 Å². The zero-order valence-electron chi connectivity index (χ0n) is 14.6. The summed E-state index contributed by atoms with van der Waals surface area (Å²) in [6, 6.07) is 10.9. The largest absolute Gasteiger partial charge is 0.468 e. The molecule has 25 heavy (non-hydrogen) atoms. The van der Waals surface area contributed by atoms with Gasteiger partial charge in [0.05, 0.1) is 12.3 Å². The van der Waals surface area contributed by atoms with Gasteiger partial charge in [-0.1, -0.05) is 6.07 Å². The van der Waals surface area contributed by atoms with E-state index in [1.165, 1.54) is 0 Å². The van der Waals surface area contributed by atoms with Crippen molar-refractivity contribution in [2.75, 3.05) is 32.1 Å². The molecule has 0 bridgehead atoms. The van der Waals surface area contributed by atoms with E-state index in [0.29, 0.717) is 25.1 Å². The Kier molecular flexibility index (Phi) is 5.19.